The van der Waals surface area contributed by atoms with Crippen LogP contribution in [0.2, 0.25) is 0 Å². The summed E-state index contributed by atoms with van der Waals surface area (Å²) in [6.45, 7) is 11.4. The standard InChI is InChI=1S/C26H30N4O/c1-4-29(5-2)22-12-13-30(17-22)26-14-19(3)28-25-15-23(10-11-24(25)26)31-18-21-8-6-20(16-27)7-9-21/h6-11,14-15,22H,4-5,12-13,17-18H2,1-3H3. The van der Waals surface area contributed by atoms with E-state index in [1.54, 1.807) is 0 Å². The van der Waals surface area contributed by atoms with Gasteiger partial charge in [0.25, 0.3) is 0 Å². The van der Waals surface area contributed by atoms with Gasteiger partial charge in [-0.25, -0.2) is 0 Å². The number of ether oxygens (including phenoxy) is 1. The number of likely N-dealkylation sites (N-methyl/N-ethyl adjacent to an activating group) is 1. The molecule has 0 amide bonds. The van der Waals surface area contributed by atoms with E-state index in [0.29, 0.717) is 18.2 Å². The monoisotopic (exact) mass is 414 g/mol. The molecule has 0 N–H and O–H groups in total. The fourth-order valence-corrected chi connectivity index (χ4v) is 4.51. The lowest BCUT2D eigenvalue weighted by Gasteiger charge is -2.27. The predicted molar refractivity (Wildman–Crippen MR) is 126 cm³/mol. The molecule has 1 saturated heterocycles. The van der Waals surface area contributed by atoms with Gasteiger partial charge in [-0.05, 0) is 62.3 Å². The van der Waals surface area contributed by atoms with Gasteiger partial charge in [-0.3, -0.25) is 9.88 Å². The average molecular weight is 415 g/mol. The van der Waals surface area contributed by atoms with E-state index in [2.05, 4.69) is 48.8 Å². The molecular weight excluding hydrogens is 384 g/mol. The van der Waals surface area contributed by atoms with Crippen molar-refractivity contribution >= 4 is 16.6 Å². The number of benzene rings is 2. The van der Waals surface area contributed by atoms with Crippen LogP contribution in [-0.4, -0.2) is 42.1 Å². The first-order valence-electron chi connectivity index (χ1n) is 11.1. The first-order chi connectivity index (χ1) is 15.1. The van der Waals surface area contributed by atoms with Crippen molar-refractivity contribution in [2.24, 2.45) is 0 Å². The molecule has 0 bridgehead atoms. The minimum Gasteiger partial charge on any atom is -0.489 e. The Morgan fingerprint density at radius 2 is 1.90 bits per heavy atom. The molecule has 5 nitrogen and oxygen atoms in total. The minimum atomic E-state index is 0.466. The summed E-state index contributed by atoms with van der Waals surface area (Å²) in [5.41, 5.74) is 4.97. The Morgan fingerprint density at radius 1 is 1.13 bits per heavy atom. The Bertz CT molecular complexity index is 1080. The zero-order valence-electron chi connectivity index (χ0n) is 18.6. The highest BCUT2D eigenvalue weighted by Gasteiger charge is 2.27. The van der Waals surface area contributed by atoms with Crippen molar-refractivity contribution in [1.29, 1.82) is 5.26 Å². The van der Waals surface area contributed by atoms with Crippen LogP contribution in [0.4, 0.5) is 5.69 Å². The molecule has 1 aliphatic heterocycles. The van der Waals surface area contributed by atoms with E-state index in [1.807, 2.05) is 36.4 Å². The van der Waals surface area contributed by atoms with Gasteiger partial charge in [0.05, 0.1) is 17.1 Å². The Kier molecular flexibility index (Phi) is 6.39. The van der Waals surface area contributed by atoms with E-state index in [9.17, 15) is 0 Å². The number of pyridine rings is 1. The van der Waals surface area contributed by atoms with E-state index in [0.717, 1.165) is 48.7 Å². The summed E-state index contributed by atoms with van der Waals surface area (Å²) in [4.78, 5) is 9.85. The molecule has 2 aromatic carbocycles. The van der Waals surface area contributed by atoms with Gasteiger partial charge in [-0.15, -0.1) is 0 Å². The van der Waals surface area contributed by atoms with Crippen LogP contribution in [0.25, 0.3) is 10.9 Å². The fraction of sp³-hybridized carbons (Fsp3) is 0.385. The third-order valence-corrected chi connectivity index (χ3v) is 6.21. The minimum absolute atomic E-state index is 0.466. The molecule has 0 aliphatic carbocycles. The quantitative estimate of drug-likeness (QED) is 0.550. The van der Waals surface area contributed by atoms with Crippen molar-refractivity contribution in [3.8, 4) is 11.8 Å². The maximum absolute atomic E-state index is 8.93. The molecule has 5 heteroatoms. The van der Waals surface area contributed by atoms with Crippen LogP contribution in [0.1, 0.15) is 37.1 Å². The van der Waals surface area contributed by atoms with Crippen LogP contribution in [0, 0.1) is 18.3 Å². The summed E-state index contributed by atoms with van der Waals surface area (Å²) >= 11 is 0. The smallest absolute Gasteiger partial charge is 0.122 e. The van der Waals surface area contributed by atoms with Gasteiger partial charge in [-0.1, -0.05) is 26.0 Å². The third-order valence-electron chi connectivity index (χ3n) is 6.21. The lowest BCUT2D eigenvalue weighted by Crippen LogP contribution is -2.37. The molecule has 4 rings (SSSR count). The van der Waals surface area contributed by atoms with Crippen molar-refractivity contribution in [3.63, 3.8) is 0 Å². The van der Waals surface area contributed by atoms with E-state index in [1.165, 1.54) is 17.5 Å². The second-order valence-electron chi connectivity index (χ2n) is 8.17. The van der Waals surface area contributed by atoms with Crippen LogP contribution >= 0.6 is 0 Å². The van der Waals surface area contributed by atoms with Crippen LogP contribution in [0.5, 0.6) is 5.75 Å². The van der Waals surface area contributed by atoms with Crippen LogP contribution in [0.15, 0.2) is 48.5 Å². The molecule has 31 heavy (non-hydrogen) atoms. The Balaban J connectivity index is 1.53. The van der Waals surface area contributed by atoms with Crippen molar-refractivity contribution in [3.05, 3.63) is 65.4 Å². The van der Waals surface area contributed by atoms with E-state index in [4.69, 9.17) is 15.0 Å². The number of fused-ring (bicyclic) bond motifs is 1. The normalized spacial score (nSPS) is 16.1. The highest BCUT2D eigenvalue weighted by atomic mass is 16.5. The first-order valence-corrected chi connectivity index (χ1v) is 11.1. The van der Waals surface area contributed by atoms with Gasteiger partial charge >= 0.3 is 0 Å². The Morgan fingerprint density at radius 3 is 2.61 bits per heavy atom. The lowest BCUT2D eigenvalue weighted by atomic mass is 10.1. The number of hydrogen-bond acceptors (Lipinski definition) is 5. The number of nitrogens with zero attached hydrogens (tertiary/aromatic N) is 4. The Labute approximate surface area is 184 Å². The summed E-state index contributed by atoms with van der Waals surface area (Å²) in [7, 11) is 0. The summed E-state index contributed by atoms with van der Waals surface area (Å²) < 4.78 is 6.01. The summed E-state index contributed by atoms with van der Waals surface area (Å²) in [5.74, 6) is 0.809. The van der Waals surface area contributed by atoms with Gasteiger partial charge < -0.3 is 9.64 Å². The van der Waals surface area contributed by atoms with Crippen molar-refractivity contribution < 1.29 is 4.74 Å². The van der Waals surface area contributed by atoms with Gasteiger partial charge in [-0.2, -0.15) is 5.26 Å². The molecule has 160 valence electrons. The molecule has 1 aliphatic rings. The summed E-state index contributed by atoms with van der Waals surface area (Å²) in [6.07, 6.45) is 1.20. The molecule has 0 spiro atoms. The molecule has 2 heterocycles. The number of hydrogen-bond donors (Lipinski definition) is 0. The molecule has 1 unspecified atom stereocenters. The number of rotatable bonds is 7. The molecule has 1 aromatic heterocycles. The molecule has 0 saturated carbocycles. The maximum Gasteiger partial charge on any atom is 0.122 e. The molecule has 3 aromatic rings. The van der Waals surface area contributed by atoms with Crippen LogP contribution in [0.3, 0.4) is 0 Å². The predicted octanol–water partition coefficient (Wildman–Crippen LogP) is 4.91. The second kappa shape index (κ2) is 9.36. The van der Waals surface area contributed by atoms with E-state index < -0.39 is 0 Å². The SMILES string of the molecule is CCN(CC)C1CCN(c2cc(C)nc3cc(OCc4ccc(C#N)cc4)ccc23)C1. The topological polar surface area (TPSA) is 52.4 Å². The average Bonchev–Trinajstić information content (AvgIpc) is 3.28. The van der Waals surface area contributed by atoms with Crippen molar-refractivity contribution in [2.45, 2.75) is 39.8 Å². The Hall–Kier alpha value is -3.10. The van der Waals surface area contributed by atoms with Gasteiger partial charge in [0.1, 0.15) is 12.4 Å². The van der Waals surface area contributed by atoms with Crippen LogP contribution in [-0.2, 0) is 6.61 Å². The van der Waals surface area contributed by atoms with Crippen molar-refractivity contribution in [1.82, 2.24) is 9.88 Å². The summed E-state index contributed by atoms with van der Waals surface area (Å²) in [6, 6.07) is 18.7. The highest BCUT2D eigenvalue weighted by molar-refractivity contribution is 5.93. The zero-order valence-corrected chi connectivity index (χ0v) is 18.6. The number of aromatic nitrogens is 1. The van der Waals surface area contributed by atoms with Gasteiger partial charge in [0, 0.05) is 42.0 Å². The molecule has 0 radical (unpaired) electrons. The fourth-order valence-electron chi connectivity index (χ4n) is 4.51. The maximum atomic E-state index is 8.93. The second-order valence-corrected chi connectivity index (χ2v) is 8.17. The van der Waals surface area contributed by atoms with Crippen molar-refractivity contribution in [2.75, 3.05) is 31.1 Å². The van der Waals surface area contributed by atoms with Gasteiger partial charge in [0.2, 0.25) is 0 Å². The summed E-state index contributed by atoms with van der Waals surface area (Å²) in [5, 5.41) is 10.1. The number of nitriles is 1. The highest BCUT2D eigenvalue weighted by Crippen LogP contribution is 2.32. The van der Waals surface area contributed by atoms with Crippen LogP contribution < -0.4 is 9.64 Å². The largest absolute Gasteiger partial charge is 0.489 e. The van der Waals surface area contributed by atoms with E-state index >= 15 is 0 Å². The zero-order chi connectivity index (χ0) is 21.8. The third kappa shape index (κ3) is 4.65. The lowest BCUT2D eigenvalue weighted by molar-refractivity contribution is 0.232. The van der Waals surface area contributed by atoms with Gasteiger partial charge in [0.15, 0.2) is 0 Å². The number of aryl methyl sites for hydroxylation is 1. The molecule has 1 fully saturated rings. The molecule has 1 atom stereocenters. The number of anilines is 1. The first kappa shape index (κ1) is 21.1. The van der Waals surface area contributed by atoms with E-state index in [-0.39, 0.29) is 0 Å². The molecular formula is C26H30N4O.